The summed E-state index contributed by atoms with van der Waals surface area (Å²) in [5, 5.41) is 3.36. The fourth-order valence-electron chi connectivity index (χ4n) is 2.40. The van der Waals surface area contributed by atoms with Crippen LogP contribution in [0.1, 0.15) is 58.6 Å². The summed E-state index contributed by atoms with van der Waals surface area (Å²) in [5.74, 6) is 0. The van der Waals surface area contributed by atoms with Gasteiger partial charge in [-0.05, 0) is 45.4 Å². The number of rotatable bonds is 8. The molecule has 2 unspecified atom stereocenters. The van der Waals surface area contributed by atoms with E-state index >= 15 is 0 Å². The molecule has 0 amide bonds. The highest BCUT2D eigenvalue weighted by atomic mass is 15.2. The number of unbranched alkanes of at least 4 members (excludes halogenated alkanes) is 1. The zero-order valence-corrected chi connectivity index (χ0v) is 13.2. The zero-order valence-electron chi connectivity index (χ0n) is 13.2. The standard InChI is InChI=1S/C17H30N2/c1-6-8-13-19(14(3)7-2)17-12-10-9-11-16(17)15(4)18-5/h9-12,14-15,18H,6-8,13H2,1-5H3. The molecule has 19 heavy (non-hydrogen) atoms. The van der Waals surface area contributed by atoms with Gasteiger partial charge in [0.2, 0.25) is 0 Å². The van der Waals surface area contributed by atoms with E-state index in [1.165, 1.54) is 30.5 Å². The van der Waals surface area contributed by atoms with Crippen molar-refractivity contribution in [3.8, 4) is 0 Å². The van der Waals surface area contributed by atoms with Crippen LogP contribution in [0.2, 0.25) is 0 Å². The van der Waals surface area contributed by atoms with E-state index in [1.807, 2.05) is 7.05 Å². The fraction of sp³-hybridized carbons (Fsp3) is 0.647. The Balaban J connectivity index is 3.06. The van der Waals surface area contributed by atoms with Gasteiger partial charge in [0.05, 0.1) is 0 Å². The maximum Gasteiger partial charge on any atom is 0.0417 e. The number of para-hydroxylation sites is 1. The summed E-state index contributed by atoms with van der Waals surface area (Å²) in [6, 6.07) is 9.80. The van der Waals surface area contributed by atoms with Gasteiger partial charge >= 0.3 is 0 Å². The minimum absolute atomic E-state index is 0.393. The summed E-state index contributed by atoms with van der Waals surface area (Å²) < 4.78 is 0. The average molecular weight is 262 g/mol. The first kappa shape index (κ1) is 16.0. The molecule has 0 heterocycles. The van der Waals surface area contributed by atoms with Crippen molar-refractivity contribution in [3.05, 3.63) is 29.8 Å². The number of benzene rings is 1. The van der Waals surface area contributed by atoms with Gasteiger partial charge in [-0.3, -0.25) is 0 Å². The Morgan fingerprint density at radius 1 is 1.16 bits per heavy atom. The van der Waals surface area contributed by atoms with E-state index in [9.17, 15) is 0 Å². The maximum atomic E-state index is 3.36. The molecule has 1 aromatic rings. The molecular formula is C17H30N2. The van der Waals surface area contributed by atoms with Crippen LogP contribution in [-0.2, 0) is 0 Å². The highest BCUT2D eigenvalue weighted by Crippen LogP contribution is 2.28. The second kappa shape index (κ2) is 8.21. The molecule has 1 aromatic carbocycles. The largest absolute Gasteiger partial charge is 0.369 e. The molecule has 108 valence electrons. The van der Waals surface area contributed by atoms with Gasteiger partial charge < -0.3 is 10.2 Å². The first-order valence-corrected chi connectivity index (χ1v) is 7.68. The molecule has 2 atom stereocenters. The molecule has 0 saturated carbocycles. The SMILES string of the molecule is CCCCN(c1ccccc1C(C)NC)C(C)CC. The van der Waals surface area contributed by atoms with Crippen LogP contribution in [-0.4, -0.2) is 19.6 Å². The summed E-state index contributed by atoms with van der Waals surface area (Å²) >= 11 is 0. The molecule has 0 aliphatic heterocycles. The molecule has 0 spiro atoms. The summed E-state index contributed by atoms with van der Waals surface area (Å²) in [6.45, 7) is 10.2. The highest BCUT2D eigenvalue weighted by molar-refractivity contribution is 5.55. The number of anilines is 1. The summed E-state index contributed by atoms with van der Waals surface area (Å²) in [5.41, 5.74) is 2.80. The quantitative estimate of drug-likeness (QED) is 0.748. The second-order valence-corrected chi connectivity index (χ2v) is 5.37. The van der Waals surface area contributed by atoms with Gasteiger partial charge in [-0.1, -0.05) is 38.5 Å². The topological polar surface area (TPSA) is 15.3 Å². The Bertz CT molecular complexity index is 362. The smallest absolute Gasteiger partial charge is 0.0417 e. The molecule has 0 aliphatic carbocycles. The van der Waals surface area contributed by atoms with Crippen LogP contribution >= 0.6 is 0 Å². The molecule has 1 rings (SSSR count). The van der Waals surface area contributed by atoms with Gasteiger partial charge in [0.1, 0.15) is 0 Å². The molecule has 0 aliphatic rings. The minimum Gasteiger partial charge on any atom is -0.369 e. The highest BCUT2D eigenvalue weighted by Gasteiger charge is 2.17. The third-order valence-electron chi connectivity index (χ3n) is 4.02. The van der Waals surface area contributed by atoms with E-state index in [2.05, 4.69) is 62.2 Å². The van der Waals surface area contributed by atoms with Gasteiger partial charge in [-0.15, -0.1) is 0 Å². The van der Waals surface area contributed by atoms with Gasteiger partial charge in [0.25, 0.3) is 0 Å². The number of nitrogens with one attached hydrogen (secondary N) is 1. The molecule has 0 bridgehead atoms. The molecule has 2 nitrogen and oxygen atoms in total. The van der Waals surface area contributed by atoms with E-state index in [4.69, 9.17) is 0 Å². The number of nitrogens with zero attached hydrogens (tertiary/aromatic N) is 1. The van der Waals surface area contributed by atoms with Crippen LogP contribution < -0.4 is 10.2 Å². The van der Waals surface area contributed by atoms with Crippen LogP contribution in [0.4, 0.5) is 5.69 Å². The van der Waals surface area contributed by atoms with Crippen LogP contribution in [0.25, 0.3) is 0 Å². The number of hydrogen-bond donors (Lipinski definition) is 1. The lowest BCUT2D eigenvalue weighted by Gasteiger charge is -2.33. The Morgan fingerprint density at radius 2 is 1.84 bits per heavy atom. The van der Waals surface area contributed by atoms with Crippen molar-refractivity contribution < 1.29 is 0 Å². The van der Waals surface area contributed by atoms with E-state index < -0.39 is 0 Å². The first-order valence-electron chi connectivity index (χ1n) is 7.68. The van der Waals surface area contributed by atoms with Crippen molar-refractivity contribution in [2.45, 2.75) is 59.0 Å². The van der Waals surface area contributed by atoms with Crippen LogP contribution in [0.5, 0.6) is 0 Å². The van der Waals surface area contributed by atoms with Crippen LogP contribution in [0, 0.1) is 0 Å². The predicted octanol–water partition coefficient (Wildman–Crippen LogP) is 4.37. The Labute approximate surface area is 119 Å². The van der Waals surface area contributed by atoms with Crippen molar-refractivity contribution in [2.24, 2.45) is 0 Å². The van der Waals surface area contributed by atoms with E-state index in [0.29, 0.717) is 12.1 Å². The lowest BCUT2D eigenvalue weighted by molar-refractivity contribution is 0.584. The van der Waals surface area contributed by atoms with Gasteiger partial charge in [0.15, 0.2) is 0 Å². The third-order valence-corrected chi connectivity index (χ3v) is 4.02. The third kappa shape index (κ3) is 4.24. The van der Waals surface area contributed by atoms with E-state index in [-0.39, 0.29) is 0 Å². The van der Waals surface area contributed by atoms with Gasteiger partial charge in [0, 0.05) is 24.3 Å². The zero-order chi connectivity index (χ0) is 14.3. The molecular weight excluding hydrogens is 232 g/mol. The molecule has 2 heteroatoms. The van der Waals surface area contributed by atoms with Crippen molar-refractivity contribution >= 4 is 5.69 Å². The maximum absolute atomic E-state index is 3.36. The molecule has 0 aromatic heterocycles. The van der Waals surface area contributed by atoms with Crippen molar-refractivity contribution in [1.29, 1.82) is 0 Å². The fourth-order valence-corrected chi connectivity index (χ4v) is 2.40. The van der Waals surface area contributed by atoms with Crippen molar-refractivity contribution in [1.82, 2.24) is 5.32 Å². The monoisotopic (exact) mass is 262 g/mol. The van der Waals surface area contributed by atoms with Gasteiger partial charge in [-0.25, -0.2) is 0 Å². The predicted molar refractivity (Wildman–Crippen MR) is 85.9 cm³/mol. The summed E-state index contributed by atoms with van der Waals surface area (Å²) in [4.78, 5) is 2.58. The summed E-state index contributed by atoms with van der Waals surface area (Å²) in [7, 11) is 2.03. The van der Waals surface area contributed by atoms with Crippen molar-refractivity contribution in [3.63, 3.8) is 0 Å². The van der Waals surface area contributed by atoms with Crippen LogP contribution in [0.3, 0.4) is 0 Å². The van der Waals surface area contributed by atoms with E-state index in [0.717, 1.165) is 6.54 Å². The molecule has 0 saturated heterocycles. The molecule has 0 fully saturated rings. The Morgan fingerprint density at radius 3 is 2.42 bits per heavy atom. The van der Waals surface area contributed by atoms with Crippen LogP contribution in [0.15, 0.2) is 24.3 Å². The summed E-state index contributed by atoms with van der Waals surface area (Å²) in [6.07, 6.45) is 3.69. The normalized spacial score (nSPS) is 14.2. The lowest BCUT2D eigenvalue weighted by Crippen LogP contribution is -2.35. The molecule has 1 N–H and O–H groups in total. The Hall–Kier alpha value is -1.02. The molecule has 0 radical (unpaired) electrons. The lowest BCUT2D eigenvalue weighted by atomic mass is 10.0. The Kier molecular flexibility index (Phi) is 6.93. The average Bonchev–Trinajstić information content (AvgIpc) is 2.46. The van der Waals surface area contributed by atoms with Crippen molar-refractivity contribution in [2.75, 3.05) is 18.5 Å². The minimum atomic E-state index is 0.393. The first-order chi connectivity index (χ1) is 9.15. The van der Waals surface area contributed by atoms with E-state index in [1.54, 1.807) is 0 Å². The second-order valence-electron chi connectivity index (χ2n) is 5.37. The van der Waals surface area contributed by atoms with Gasteiger partial charge in [-0.2, -0.15) is 0 Å². The number of hydrogen-bond acceptors (Lipinski definition) is 2.